The third kappa shape index (κ3) is 2.73. The van der Waals surface area contributed by atoms with Crippen LogP contribution in [-0.4, -0.2) is 11.5 Å². The molecular weight excluding hydrogens is 254 g/mol. The molecule has 0 saturated carbocycles. The van der Waals surface area contributed by atoms with Crippen LogP contribution in [0.4, 0.5) is 8.78 Å². The van der Waals surface area contributed by atoms with E-state index in [0.717, 1.165) is 22.0 Å². The van der Waals surface area contributed by atoms with Crippen LogP contribution < -0.4 is 5.32 Å². The molecule has 2 aromatic rings. The summed E-state index contributed by atoms with van der Waals surface area (Å²) < 4.78 is 27.1. The molecule has 96 valence electrons. The smallest absolute Gasteiger partial charge is 0.128 e. The first-order valence-corrected chi connectivity index (χ1v) is 6.54. The lowest BCUT2D eigenvalue weighted by molar-refractivity contribution is 0.548. The molecule has 1 N–H and O–H groups in total. The molecule has 1 atom stereocenters. The van der Waals surface area contributed by atoms with Gasteiger partial charge in [-0.15, -0.1) is 11.3 Å². The molecule has 0 fully saturated rings. The number of hydrogen-bond donors (Lipinski definition) is 1. The van der Waals surface area contributed by atoms with Crippen molar-refractivity contribution in [3.8, 4) is 0 Å². The Kier molecular flexibility index (Phi) is 4.04. The molecule has 1 unspecified atom stereocenters. The quantitative estimate of drug-likeness (QED) is 0.919. The SMILES string of the molecule is CCNC(c1cnc(C)s1)c1cc(F)ccc1F. The number of thiazole rings is 1. The highest BCUT2D eigenvalue weighted by molar-refractivity contribution is 7.11. The van der Waals surface area contributed by atoms with Gasteiger partial charge in [-0.2, -0.15) is 0 Å². The molecule has 1 heterocycles. The molecule has 2 rings (SSSR count). The molecule has 0 radical (unpaired) electrons. The van der Waals surface area contributed by atoms with E-state index in [-0.39, 0.29) is 6.04 Å². The lowest BCUT2D eigenvalue weighted by atomic mass is 10.0. The normalized spacial score (nSPS) is 12.7. The lowest BCUT2D eigenvalue weighted by Gasteiger charge is -2.17. The van der Waals surface area contributed by atoms with Crippen LogP contribution in [0.3, 0.4) is 0 Å². The maximum Gasteiger partial charge on any atom is 0.128 e. The second-order valence-electron chi connectivity index (χ2n) is 3.94. The van der Waals surface area contributed by atoms with E-state index in [4.69, 9.17) is 0 Å². The summed E-state index contributed by atoms with van der Waals surface area (Å²) in [7, 11) is 0. The van der Waals surface area contributed by atoms with Crippen molar-refractivity contribution in [2.24, 2.45) is 0 Å². The number of hydrogen-bond acceptors (Lipinski definition) is 3. The summed E-state index contributed by atoms with van der Waals surface area (Å²) in [6.07, 6.45) is 1.71. The Balaban J connectivity index is 2.44. The van der Waals surface area contributed by atoms with Gasteiger partial charge in [0.25, 0.3) is 0 Å². The summed E-state index contributed by atoms with van der Waals surface area (Å²) in [6.45, 7) is 4.48. The van der Waals surface area contributed by atoms with Crippen molar-refractivity contribution in [1.29, 1.82) is 0 Å². The first kappa shape index (κ1) is 13.1. The highest BCUT2D eigenvalue weighted by atomic mass is 32.1. The molecule has 0 aliphatic carbocycles. The van der Waals surface area contributed by atoms with Crippen molar-refractivity contribution in [3.05, 3.63) is 51.5 Å². The fourth-order valence-corrected chi connectivity index (χ4v) is 2.70. The van der Waals surface area contributed by atoms with Gasteiger partial charge in [-0.3, -0.25) is 0 Å². The molecule has 1 aromatic heterocycles. The lowest BCUT2D eigenvalue weighted by Crippen LogP contribution is -2.22. The van der Waals surface area contributed by atoms with E-state index in [2.05, 4.69) is 10.3 Å². The molecule has 0 amide bonds. The third-order valence-electron chi connectivity index (χ3n) is 2.60. The minimum atomic E-state index is -0.435. The predicted molar refractivity (Wildman–Crippen MR) is 68.7 cm³/mol. The van der Waals surface area contributed by atoms with Crippen molar-refractivity contribution in [1.82, 2.24) is 10.3 Å². The van der Waals surface area contributed by atoms with Gasteiger partial charge >= 0.3 is 0 Å². The molecule has 0 saturated heterocycles. The zero-order chi connectivity index (χ0) is 13.1. The summed E-state index contributed by atoms with van der Waals surface area (Å²) >= 11 is 1.48. The number of nitrogens with zero attached hydrogens (tertiary/aromatic N) is 1. The first-order valence-electron chi connectivity index (χ1n) is 5.72. The zero-order valence-electron chi connectivity index (χ0n) is 10.2. The largest absolute Gasteiger partial charge is 0.306 e. The number of halogens is 2. The van der Waals surface area contributed by atoms with Gasteiger partial charge < -0.3 is 5.32 Å². The number of rotatable bonds is 4. The number of benzene rings is 1. The molecule has 5 heteroatoms. The third-order valence-corrected chi connectivity index (χ3v) is 3.58. The highest BCUT2D eigenvalue weighted by Gasteiger charge is 2.19. The van der Waals surface area contributed by atoms with Gasteiger partial charge in [0.05, 0.1) is 11.0 Å². The van der Waals surface area contributed by atoms with Crippen LogP contribution in [0.2, 0.25) is 0 Å². The van der Waals surface area contributed by atoms with Crippen molar-refractivity contribution >= 4 is 11.3 Å². The predicted octanol–water partition coefficient (Wildman–Crippen LogP) is 3.43. The topological polar surface area (TPSA) is 24.9 Å². The Morgan fingerprint density at radius 3 is 2.78 bits per heavy atom. The van der Waals surface area contributed by atoms with Gasteiger partial charge in [-0.1, -0.05) is 6.92 Å². The van der Waals surface area contributed by atoms with Crippen LogP contribution in [0.15, 0.2) is 24.4 Å². The number of aromatic nitrogens is 1. The Bertz CT molecular complexity index is 540. The van der Waals surface area contributed by atoms with E-state index in [1.165, 1.54) is 17.4 Å². The standard InChI is InChI=1S/C13H14F2N2S/c1-3-16-13(12-7-17-8(2)18-12)10-6-9(14)4-5-11(10)15/h4-7,13,16H,3H2,1-2H3. The fourth-order valence-electron chi connectivity index (χ4n) is 1.82. The van der Waals surface area contributed by atoms with Crippen molar-refractivity contribution in [2.45, 2.75) is 19.9 Å². The summed E-state index contributed by atoms with van der Waals surface area (Å²) in [5.41, 5.74) is 0.320. The minimum absolute atomic E-state index is 0.320. The van der Waals surface area contributed by atoms with E-state index >= 15 is 0 Å². The van der Waals surface area contributed by atoms with Crippen LogP contribution >= 0.6 is 11.3 Å². The van der Waals surface area contributed by atoms with Crippen LogP contribution in [0, 0.1) is 18.6 Å². The van der Waals surface area contributed by atoms with E-state index in [9.17, 15) is 8.78 Å². The maximum atomic E-state index is 13.8. The summed E-state index contributed by atoms with van der Waals surface area (Å²) in [5, 5.41) is 4.07. The van der Waals surface area contributed by atoms with Gasteiger partial charge in [-0.25, -0.2) is 13.8 Å². The molecule has 0 spiro atoms. The fraction of sp³-hybridized carbons (Fsp3) is 0.308. The molecule has 2 nitrogen and oxygen atoms in total. The van der Waals surface area contributed by atoms with Crippen LogP contribution in [0.1, 0.15) is 28.4 Å². The van der Waals surface area contributed by atoms with Gasteiger partial charge in [-0.05, 0) is 31.7 Å². The van der Waals surface area contributed by atoms with E-state index in [0.29, 0.717) is 12.1 Å². The summed E-state index contributed by atoms with van der Waals surface area (Å²) in [5.74, 6) is -0.844. The van der Waals surface area contributed by atoms with Crippen LogP contribution in [-0.2, 0) is 0 Å². The maximum absolute atomic E-state index is 13.8. The second kappa shape index (κ2) is 5.54. The second-order valence-corrected chi connectivity index (χ2v) is 5.20. The van der Waals surface area contributed by atoms with Crippen molar-refractivity contribution in [3.63, 3.8) is 0 Å². The van der Waals surface area contributed by atoms with Crippen LogP contribution in [0.25, 0.3) is 0 Å². The Labute approximate surface area is 109 Å². The minimum Gasteiger partial charge on any atom is -0.306 e. The number of nitrogens with one attached hydrogen (secondary N) is 1. The Morgan fingerprint density at radius 1 is 1.39 bits per heavy atom. The van der Waals surface area contributed by atoms with Crippen molar-refractivity contribution in [2.75, 3.05) is 6.54 Å². The summed E-state index contributed by atoms with van der Waals surface area (Å²) in [4.78, 5) is 5.05. The average molecular weight is 268 g/mol. The van der Waals surface area contributed by atoms with Gasteiger partial charge in [0.1, 0.15) is 11.6 Å². The molecule has 18 heavy (non-hydrogen) atoms. The molecule has 1 aromatic carbocycles. The van der Waals surface area contributed by atoms with Crippen LogP contribution in [0.5, 0.6) is 0 Å². The monoisotopic (exact) mass is 268 g/mol. The average Bonchev–Trinajstić information content (AvgIpc) is 2.76. The number of aryl methyl sites for hydroxylation is 1. The van der Waals surface area contributed by atoms with E-state index in [1.807, 2.05) is 13.8 Å². The first-order chi connectivity index (χ1) is 8.61. The molecule has 0 aliphatic rings. The van der Waals surface area contributed by atoms with E-state index in [1.54, 1.807) is 6.20 Å². The van der Waals surface area contributed by atoms with E-state index < -0.39 is 11.6 Å². The molecule has 0 aliphatic heterocycles. The molecular formula is C13H14F2N2S. The highest BCUT2D eigenvalue weighted by Crippen LogP contribution is 2.28. The van der Waals surface area contributed by atoms with Crippen molar-refractivity contribution < 1.29 is 8.78 Å². The molecule has 0 bridgehead atoms. The Morgan fingerprint density at radius 2 is 2.17 bits per heavy atom. The van der Waals surface area contributed by atoms with Gasteiger partial charge in [0.15, 0.2) is 0 Å². The van der Waals surface area contributed by atoms with Gasteiger partial charge in [0, 0.05) is 16.6 Å². The zero-order valence-corrected chi connectivity index (χ0v) is 11.0. The Hall–Kier alpha value is -1.33. The summed E-state index contributed by atoms with van der Waals surface area (Å²) in [6, 6.07) is 3.16. The van der Waals surface area contributed by atoms with Gasteiger partial charge in [0.2, 0.25) is 0 Å².